The van der Waals surface area contributed by atoms with Crippen LogP contribution in [0.4, 0.5) is 4.39 Å². The average molecular weight is 333 g/mol. The first kappa shape index (κ1) is 15.3. The fraction of sp³-hybridized carbons (Fsp3) is 0.214. The highest BCUT2D eigenvalue weighted by Gasteiger charge is 2.21. The number of thioether (sulfide) groups is 1. The van der Waals surface area contributed by atoms with Gasteiger partial charge in [0.1, 0.15) is 22.4 Å². The summed E-state index contributed by atoms with van der Waals surface area (Å²) in [7, 11) is 0. The van der Waals surface area contributed by atoms with Crippen molar-refractivity contribution in [2.75, 3.05) is 0 Å². The van der Waals surface area contributed by atoms with Gasteiger partial charge < -0.3 is 5.11 Å². The van der Waals surface area contributed by atoms with Crippen LogP contribution in [0.5, 0.6) is 0 Å². The second-order valence-corrected chi connectivity index (χ2v) is 5.87. The lowest BCUT2D eigenvalue weighted by molar-refractivity contribution is -0.136. The molecule has 0 aliphatic carbocycles. The highest BCUT2D eigenvalue weighted by molar-refractivity contribution is 8.00. The summed E-state index contributed by atoms with van der Waals surface area (Å²) in [5.41, 5.74) is 1.46. The first-order valence-electron chi connectivity index (χ1n) is 6.82. The number of carboxylic acid groups (broad SMARTS) is 1. The van der Waals surface area contributed by atoms with Gasteiger partial charge in [0, 0.05) is 0 Å². The third-order valence-electron chi connectivity index (χ3n) is 3.18. The molecular formula is C14H12FN5O2S. The Bertz CT molecular complexity index is 852. The maximum absolute atomic E-state index is 13.0. The van der Waals surface area contributed by atoms with E-state index in [0.717, 1.165) is 11.8 Å². The molecule has 0 saturated heterocycles. The number of fused-ring (bicyclic) bond motifs is 1. The van der Waals surface area contributed by atoms with Crippen molar-refractivity contribution in [2.24, 2.45) is 0 Å². The van der Waals surface area contributed by atoms with Crippen molar-refractivity contribution >= 4 is 28.9 Å². The molecule has 1 N–H and O–H groups in total. The molecular weight excluding hydrogens is 321 g/mol. The molecule has 9 heteroatoms. The van der Waals surface area contributed by atoms with Crippen molar-refractivity contribution in [1.82, 2.24) is 25.0 Å². The molecule has 0 unspecified atom stereocenters. The summed E-state index contributed by atoms with van der Waals surface area (Å²) in [6.07, 6.45) is 1.79. The molecule has 0 bridgehead atoms. The Kier molecular flexibility index (Phi) is 4.20. The van der Waals surface area contributed by atoms with Crippen LogP contribution >= 0.6 is 11.8 Å². The van der Waals surface area contributed by atoms with Crippen molar-refractivity contribution < 1.29 is 14.3 Å². The molecule has 0 aliphatic rings. The van der Waals surface area contributed by atoms with Crippen LogP contribution in [0.2, 0.25) is 0 Å². The summed E-state index contributed by atoms with van der Waals surface area (Å²) in [6.45, 7) is 1.79. The van der Waals surface area contributed by atoms with Gasteiger partial charge in [-0.15, -0.1) is 5.10 Å². The molecule has 2 aromatic heterocycles. The highest BCUT2D eigenvalue weighted by atomic mass is 32.2. The number of hydrogen-bond donors (Lipinski definition) is 1. The van der Waals surface area contributed by atoms with Gasteiger partial charge in [0.05, 0.1) is 5.69 Å². The van der Waals surface area contributed by atoms with Crippen molar-refractivity contribution in [3.8, 4) is 5.69 Å². The monoisotopic (exact) mass is 333 g/mol. The van der Waals surface area contributed by atoms with Crippen molar-refractivity contribution in [3.05, 3.63) is 36.4 Å². The Labute approximate surface area is 134 Å². The van der Waals surface area contributed by atoms with E-state index in [0.29, 0.717) is 28.3 Å². The van der Waals surface area contributed by atoms with Crippen molar-refractivity contribution in [3.63, 3.8) is 0 Å². The minimum Gasteiger partial charge on any atom is -0.480 e. The first-order valence-corrected chi connectivity index (χ1v) is 7.70. The van der Waals surface area contributed by atoms with E-state index in [9.17, 15) is 14.3 Å². The van der Waals surface area contributed by atoms with Gasteiger partial charge in [-0.25, -0.2) is 14.4 Å². The Morgan fingerprint density at radius 3 is 2.74 bits per heavy atom. The molecule has 23 heavy (non-hydrogen) atoms. The minimum atomic E-state index is -0.907. The Balaban J connectivity index is 2.03. The smallest absolute Gasteiger partial charge is 0.317 e. The predicted octanol–water partition coefficient (Wildman–Crippen LogP) is 2.30. The molecule has 3 rings (SSSR count). The van der Waals surface area contributed by atoms with Gasteiger partial charge in [-0.2, -0.15) is 4.68 Å². The lowest BCUT2D eigenvalue weighted by Crippen LogP contribution is -2.15. The Morgan fingerprint density at radius 1 is 1.35 bits per heavy atom. The van der Waals surface area contributed by atoms with E-state index in [1.54, 1.807) is 19.1 Å². The zero-order chi connectivity index (χ0) is 16.4. The Morgan fingerprint density at radius 2 is 2.09 bits per heavy atom. The van der Waals surface area contributed by atoms with Crippen molar-refractivity contribution in [1.29, 1.82) is 0 Å². The molecule has 118 valence electrons. The van der Waals surface area contributed by atoms with E-state index >= 15 is 0 Å². The molecule has 2 heterocycles. The molecule has 0 saturated carbocycles. The summed E-state index contributed by atoms with van der Waals surface area (Å²) in [4.78, 5) is 19.5. The number of benzene rings is 1. The first-order chi connectivity index (χ1) is 11.1. The van der Waals surface area contributed by atoms with Gasteiger partial charge in [-0.1, -0.05) is 23.9 Å². The fourth-order valence-electron chi connectivity index (χ4n) is 2.01. The highest BCUT2D eigenvalue weighted by Crippen LogP contribution is 2.28. The SMILES string of the molecule is CC[C@@H](Sc1ncnc2c1nnn2-c1ccc(F)cc1)C(=O)O. The molecule has 0 spiro atoms. The third-order valence-corrected chi connectivity index (χ3v) is 4.52. The fourth-order valence-corrected chi connectivity index (χ4v) is 2.90. The minimum absolute atomic E-state index is 0.351. The van der Waals surface area contributed by atoms with Crippen LogP contribution in [0.1, 0.15) is 13.3 Å². The quantitative estimate of drug-likeness (QED) is 0.565. The van der Waals surface area contributed by atoms with Crippen LogP contribution in [-0.4, -0.2) is 41.3 Å². The van der Waals surface area contributed by atoms with Gasteiger partial charge in [0.15, 0.2) is 11.2 Å². The van der Waals surface area contributed by atoms with Crippen LogP contribution in [0.15, 0.2) is 35.6 Å². The van der Waals surface area contributed by atoms with Crippen LogP contribution in [0.3, 0.4) is 0 Å². The molecule has 3 aromatic rings. The van der Waals surface area contributed by atoms with Crippen LogP contribution in [0, 0.1) is 5.82 Å². The Hall–Kier alpha value is -2.55. The van der Waals surface area contributed by atoms with Gasteiger partial charge >= 0.3 is 5.97 Å². The summed E-state index contributed by atoms with van der Waals surface area (Å²) < 4.78 is 14.5. The van der Waals surface area contributed by atoms with E-state index < -0.39 is 11.2 Å². The predicted molar refractivity (Wildman–Crippen MR) is 82.0 cm³/mol. The van der Waals surface area contributed by atoms with E-state index in [1.807, 2.05) is 0 Å². The van der Waals surface area contributed by atoms with Gasteiger partial charge in [-0.05, 0) is 30.7 Å². The van der Waals surface area contributed by atoms with E-state index in [-0.39, 0.29) is 5.82 Å². The number of rotatable bonds is 5. The van der Waals surface area contributed by atoms with Crippen molar-refractivity contribution in [2.45, 2.75) is 23.6 Å². The standard InChI is InChI=1S/C14H12FN5O2S/c1-2-10(14(21)22)23-13-11-12(16-7-17-13)20(19-18-11)9-5-3-8(15)4-6-9/h3-7,10H,2H2,1H3,(H,21,22)/t10-/m1/s1. The largest absolute Gasteiger partial charge is 0.480 e. The van der Waals surface area contributed by atoms with E-state index in [4.69, 9.17) is 0 Å². The van der Waals surface area contributed by atoms with Gasteiger partial charge in [-0.3, -0.25) is 4.79 Å². The van der Waals surface area contributed by atoms with Crippen LogP contribution < -0.4 is 0 Å². The third kappa shape index (κ3) is 3.00. The molecule has 0 amide bonds. The zero-order valence-corrected chi connectivity index (χ0v) is 12.9. The number of carbonyl (C=O) groups is 1. The van der Waals surface area contributed by atoms with E-state index in [2.05, 4.69) is 20.3 Å². The zero-order valence-electron chi connectivity index (χ0n) is 12.0. The number of nitrogens with zero attached hydrogens (tertiary/aromatic N) is 5. The number of aliphatic carboxylic acids is 1. The van der Waals surface area contributed by atoms with Gasteiger partial charge in [0.2, 0.25) is 0 Å². The second kappa shape index (κ2) is 6.29. The topological polar surface area (TPSA) is 93.8 Å². The lowest BCUT2D eigenvalue weighted by atomic mass is 10.3. The number of hydrogen-bond acceptors (Lipinski definition) is 6. The summed E-state index contributed by atoms with van der Waals surface area (Å²) in [6, 6.07) is 5.75. The summed E-state index contributed by atoms with van der Waals surface area (Å²) in [5, 5.41) is 17.1. The number of carboxylic acids is 1. The summed E-state index contributed by atoms with van der Waals surface area (Å²) in [5.74, 6) is -1.26. The number of halogens is 1. The molecule has 1 aromatic carbocycles. The molecule has 0 aliphatic heterocycles. The second-order valence-electron chi connectivity index (χ2n) is 4.68. The van der Waals surface area contributed by atoms with Crippen LogP contribution in [0.25, 0.3) is 16.9 Å². The van der Waals surface area contributed by atoms with E-state index in [1.165, 1.54) is 23.1 Å². The normalized spacial score (nSPS) is 12.4. The molecule has 1 atom stereocenters. The number of aromatic nitrogens is 5. The average Bonchev–Trinajstić information content (AvgIpc) is 2.98. The lowest BCUT2D eigenvalue weighted by Gasteiger charge is -2.08. The molecule has 0 radical (unpaired) electrons. The molecule has 0 fully saturated rings. The molecule has 7 nitrogen and oxygen atoms in total. The maximum Gasteiger partial charge on any atom is 0.317 e. The summed E-state index contributed by atoms with van der Waals surface area (Å²) >= 11 is 1.11. The van der Waals surface area contributed by atoms with Crippen LogP contribution in [-0.2, 0) is 4.79 Å². The maximum atomic E-state index is 13.0. The van der Waals surface area contributed by atoms with Gasteiger partial charge in [0.25, 0.3) is 0 Å².